The van der Waals surface area contributed by atoms with Gasteiger partial charge in [0, 0.05) is 34.9 Å². The van der Waals surface area contributed by atoms with Crippen LogP contribution < -0.4 is 4.74 Å². The molecule has 0 atom stereocenters. The van der Waals surface area contributed by atoms with E-state index in [4.69, 9.17) is 4.74 Å². The molecule has 2 aromatic heterocycles. The molecule has 3 rings (SSSR count). The van der Waals surface area contributed by atoms with E-state index >= 15 is 0 Å². The maximum atomic E-state index is 11.2. The van der Waals surface area contributed by atoms with Crippen molar-refractivity contribution in [1.82, 2.24) is 9.55 Å². The number of fused-ring (bicyclic) bond motifs is 1. The van der Waals surface area contributed by atoms with E-state index in [0.717, 1.165) is 16.5 Å². The number of hydrogen-bond donors (Lipinski definition) is 1. The Labute approximate surface area is 134 Å². The first-order valence-electron chi connectivity index (χ1n) is 7.46. The molecule has 118 valence electrons. The third-order valence-electron chi connectivity index (χ3n) is 3.75. The van der Waals surface area contributed by atoms with E-state index in [1.807, 2.05) is 24.4 Å². The number of hydrogen-bond acceptors (Lipinski definition) is 3. The number of carboxylic acid groups (broad SMARTS) is 1. The minimum absolute atomic E-state index is 0.278. The first kappa shape index (κ1) is 15.1. The molecule has 0 bridgehead atoms. The van der Waals surface area contributed by atoms with Gasteiger partial charge in [0.2, 0.25) is 0 Å². The number of benzene rings is 1. The van der Waals surface area contributed by atoms with Crippen molar-refractivity contribution >= 4 is 16.9 Å². The van der Waals surface area contributed by atoms with Gasteiger partial charge in [-0.05, 0) is 44.2 Å². The van der Waals surface area contributed by atoms with Gasteiger partial charge in [-0.1, -0.05) is 0 Å². The summed E-state index contributed by atoms with van der Waals surface area (Å²) in [5.41, 5.74) is 2.25. The van der Waals surface area contributed by atoms with Crippen LogP contribution in [0.15, 0.2) is 48.9 Å². The predicted molar refractivity (Wildman–Crippen MR) is 87.9 cm³/mol. The maximum absolute atomic E-state index is 11.2. The second-order valence-electron chi connectivity index (χ2n) is 5.67. The molecule has 0 spiro atoms. The molecule has 0 amide bonds. The van der Waals surface area contributed by atoms with Gasteiger partial charge in [-0.25, -0.2) is 4.79 Å². The van der Waals surface area contributed by atoms with E-state index in [-0.39, 0.29) is 11.6 Å². The summed E-state index contributed by atoms with van der Waals surface area (Å²) >= 11 is 0. The zero-order valence-electron chi connectivity index (χ0n) is 13.1. The van der Waals surface area contributed by atoms with Gasteiger partial charge in [0.25, 0.3) is 0 Å². The van der Waals surface area contributed by atoms with Crippen molar-refractivity contribution in [3.8, 4) is 5.75 Å². The van der Waals surface area contributed by atoms with Gasteiger partial charge in [-0.3, -0.25) is 4.98 Å². The van der Waals surface area contributed by atoms with E-state index in [1.54, 1.807) is 24.5 Å². The summed E-state index contributed by atoms with van der Waals surface area (Å²) in [4.78, 5) is 15.3. The molecule has 23 heavy (non-hydrogen) atoms. The van der Waals surface area contributed by atoms with E-state index in [9.17, 15) is 9.90 Å². The summed E-state index contributed by atoms with van der Waals surface area (Å²) in [6.07, 6.45) is 5.37. The Morgan fingerprint density at radius 1 is 1.35 bits per heavy atom. The van der Waals surface area contributed by atoms with Gasteiger partial charge in [0.15, 0.2) is 0 Å². The minimum atomic E-state index is -0.927. The van der Waals surface area contributed by atoms with Crippen LogP contribution in [0.5, 0.6) is 5.75 Å². The lowest BCUT2D eigenvalue weighted by Gasteiger charge is -2.08. The topological polar surface area (TPSA) is 64.4 Å². The van der Waals surface area contributed by atoms with Crippen LogP contribution in [-0.2, 0) is 6.61 Å². The number of nitrogens with zero attached hydrogens (tertiary/aromatic N) is 2. The molecule has 5 heteroatoms. The third kappa shape index (κ3) is 3.04. The number of ether oxygens (including phenoxy) is 1. The monoisotopic (exact) mass is 310 g/mol. The Morgan fingerprint density at radius 2 is 2.17 bits per heavy atom. The van der Waals surface area contributed by atoms with Crippen LogP contribution in [-0.4, -0.2) is 20.6 Å². The highest BCUT2D eigenvalue weighted by molar-refractivity contribution is 5.95. The average Bonchev–Trinajstić information content (AvgIpc) is 2.92. The molecular weight excluding hydrogens is 292 g/mol. The largest absolute Gasteiger partial charge is 0.487 e. The molecule has 0 radical (unpaired) electrons. The molecule has 0 fully saturated rings. The predicted octanol–water partition coefficient (Wildman–Crippen LogP) is 3.89. The molecule has 0 saturated heterocycles. The molecule has 0 saturated carbocycles. The van der Waals surface area contributed by atoms with Gasteiger partial charge in [-0.15, -0.1) is 0 Å². The molecule has 0 aliphatic rings. The normalized spacial score (nSPS) is 11.1. The van der Waals surface area contributed by atoms with Crippen molar-refractivity contribution < 1.29 is 14.6 Å². The van der Waals surface area contributed by atoms with Crippen molar-refractivity contribution in [1.29, 1.82) is 0 Å². The SMILES string of the molecule is CC(C)n1cc(COc2cccnc2)c2cc(C(=O)O)ccc21. The summed E-state index contributed by atoms with van der Waals surface area (Å²) in [6, 6.07) is 9.13. The van der Waals surface area contributed by atoms with E-state index < -0.39 is 5.97 Å². The van der Waals surface area contributed by atoms with Crippen molar-refractivity contribution in [3.63, 3.8) is 0 Å². The summed E-state index contributed by atoms with van der Waals surface area (Å²) in [5.74, 6) is -0.240. The van der Waals surface area contributed by atoms with Crippen LogP contribution in [0.3, 0.4) is 0 Å². The third-order valence-corrected chi connectivity index (χ3v) is 3.75. The van der Waals surface area contributed by atoms with Crippen LogP contribution in [0.2, 0.25) is 0 Å². The average molecular weight is 310 g/mol. The van der Waals surface area contributed by atoms with Crippen LogP contribution >= 0.6 is 0 Å². The molecule has 0 unspecified atom stereocenters. The van der Waals surface area contributed by atoms with Crippen LogP contribution in [0.1, 0.15) is 35.8 Å². The number of rotatable bonds is 5. The Balaban J connectivity index is 2.00. The summed E-state index contributed by atoms with van der Waals surface area (Å²) in [7, 11) is 0. The highest BCUT2D eigenvalue weighted by Crippen LogP contribution is 2.27. The van der Waals surface area contributed by atoms with Crippen LogP contribution in [0, 0.1) is 0 Å². The van der Waals surface area contributed by atoms with Gasteiger partial charge in [0.1, 0.15) is 12.4 Å². The lowest BCUT2D eigenvalue weighted by Crippen LogP contribution is -1.99. The maximum Gasteiger partial charge on any atom is 0.335 e. The molecular formula is C18H18N2O3. The summed E-state index contributed by atoms with van der Waals surface area (Å²) in [6.45, 7) is 4.55. The second kappa shape index (κ2) is 6.12. The Hall–Kier alpha value is -2.82. The highest BCUT2D eigenvalue weighted by Gasteiger charge is 2.14. The molecule has 1 N–H and O–H groups in total. The van der Waals surface area contributed by atoms with Crippen molar-refractivity contribution in [2.24, 2.45) is 0 Å². The number of pyridine rings is 1. The van der Waals surface area contributed by atoms with E-state index in [0.29, 0.717) is 12.4 Å². The Morgan fingerprint density at radius 3 is 2.83 bits per heavy atom. The van der Waals surface area contributed by atoms with Gasteiger partial charge >= 0.3 is 5.97 Å². The lowest BCUT2D eigenvalue weighted by atomic mass is 10.1. The zero-order valence-corrected chi connectivity index (χ0v) is 13.1. The van der Waals surface area contributed by atoms with Gasteiger partial charge in [-0.2, -0.15) is 0 Å². The van der Waals surface area contributed by atoms with Crippen molar-refractivity contribution in [3.05, 3.63) is 60.0 Å². The smallest absolute Gasteiger partial charge is 0.335 e. The number of carbonyl (C=O) groups is 1. The molecule has 0 aliphatic heterocycles. The van der Waals surface area contributed by atoms with Crippen molar-refractivity contribution in [2.45, 2.75) is 26.5 Å². The zero-order chi connectivity index (χ0) is 16.4. The Kier molecular flexibility index (Phi) is 4.02. The Bertz CT molecular complexity index is 838. The fourth-order valence-electron chi connectivity index (χ4n) is 2.59. The molecule has 1 aromatic carbocycles. The van der Waals surface area contributed by atoms with E-state index in [2.05, 4.69) is 23.4 Å². The molecule has 5 nitrogen and oxygen atoms in total. The number of aromatic nitrogens is 2. The van der Waals surface area contributed by atoms with Crippen LogP contribution in [0.25, 0.3) is 10.9 Å². The lowest BCUT2D eigenvalue weighted by molar-refractivity contribution is 0.0697. The fraction of sp³-hybridized carbons (Fsp3) is 0.222. The second-order valence-corrected chi connectivity index (χ2v) is 5.67. The van der Waals surface area contributed by atoms with Gasteiger partial charge in [0.05, 0.1) is 11.8 Å². The molecule has 2 heterocycles. The number of carboxylic acids is 1. The first-order valence-corrected chi connectivity index (χ1v) is 7.46. The molecule has 0 aliphatic carbocycles. The standard InChI is InChI=1S/C18H18N2O3/c1-12(2)20-10-14(11-23-15-4-3-7-19-9-15)16-8-13(18(21)22)5-6-17(16)20/h3-10,12H,11H2,1-2H3,(H,21,22). The number of aromatic carboxylic acids is 1. The van der Waals surface area contributed by atoms with Crippen LogP contribution in [0.4, 0.5) is 0 Å². The first-order chi connectivity index (χ1) is 11.1. The summed E-state index contributed by atoms with van der Waals surface area (Å²) < 4.78 is 7.90. The minimum Gasteiger partial charge on any atom is -0.487 e. The quantitative estimate of drug-likeness (QED) is 0.776. The molecule has 3 aromatic rings. The van der Waals surface area contributed by atoms with Gasteiger partial charge < -0.3 is 14.4 Å². The van der Waals surface area contributed by atoms with E-state index in [1.165, 1.54) is 0 Å². The fourth-order valence-corrected chi connectivity index (χ4v) is 2.59. The van der Waals surface area contributed by atoms with Crippen molar-refractivity contribution in [2.75, 3.05) is 0 Å². The summed E-state index contributed by atoms with van der Waals surface area (Å²) in [5, 5.41) is 10.1. The highest BCUT2D eigenvalue weighted by atomic mass is 16.5.